The van der Waals surface area contributed by atoms with Crippen molar-refractivity contribution in [3.05, 3.63) is 34.9 Å². The van der Waals surface area contributed by atoms with Crippen molar-refractivity contribution in [3.63, 3.8) is 0 Å². The van der Waals surface area contributed by atoms with E-state index in [1.54, 1.807) is 0 Å². The van der Waals surface area contributed by atoms with Gasteiger partial charge in [-0.15, -0.1) is 0 Å². The van der Waals surface area contributed by atoms with Gasteiger partial charge >= 0.3 is 5.97 Å². The summed E-state index contributed by atoms with van der Waals surface area (Å²) in [5.41, 5.74) is 1.54. The van der Waals surface area contributed by atoms with E-state index in [1.807, 2.05) is 0 Å². The molecule has 0 radical (unpaired) electrons. The first-order valence-corrected chi connectivity index (χ1v) is 6.71. The number of aromatic carboxylic acids is 1. The molecular formula is C15H15NO5. The summed E-state index contributed by atoms with van der Waals surface area (Å²) in [5, 5.41) is 39.2. The molecule has 110 valence electrons. The third kappa shape index (κ3) is 1.99. The molecule has 0 saturated heterocycles. The van der Waals surface area contributed by atoms with Gasteiger partial charge in [0.1, 0.15) is 11.3 Å². The Hall–Kier alpha value is -2.63. The summed E-state index contributed by atoms with van der Waals surface area (Å²) < 4.78 is 1.24. The van der Waals surface area contributed by atoms with Crippen LogP contribution in [0.3, 0.4) is 0 Å². The number of carbonyl (C=O) groups is 1. The monoisotopic (exact) mass is 289 g/mol. The van der Waals surface area contributed by atoms with Gasteiger partial charge in [0.25, 0.3) is 0 Å². The molecule has 1 aliphatic carbocycles. The van der Waals surface area contributed by atoms with Gasteiger partial charge in [-0.3, -0.25) is 4.57 Å². The van der Waals surface area contributed by atoms with E-state index in [9.17, 15) is 20.1 Å². The molecule has 0 amide bonds. The van der Waals surface area contributed by atoms with Gasteiger partial charge in [-0.1, -0.05) is 0 Å². The van der Waals surface area contributed by atoms with Crippen LogP contribution in [0.1, 0.15) is 34.3 Å². The van der Waals surface area contributed by atoms with E-state index >= 15 is 0 Å². The lowest BCUT2D eigenvalue weighted by molar-refractivity contribution is 0.0694. The number of carboxylic acid groups (broad SMARTS) is 1. The van der Waals surface area contributed by atoms with Crippen LogP contribution in [0.4, 0.5) is 0 Å². The average Bonchev–Trinajstić information content (AvgIpc) is 2.71. The Labute approximate surface area is 120 Å². The summed E-state index contributed by atoms with van der Waals surface area (Å²) in [6.07, 6.45) is 3.29. The first-order valence-electron chi connectivity index (χ1n) is 6.71. The molecule has 1 aromatic heterocycles. The maximum Gasteiger partial charge on any atom is 0.339 e. The van der Waals surface area contributed by atoms with Crippen LogP contribution in [-0.4, -0.2) is 31.0 Å². The fraction of sp³-hybridized carbons (Fsp3) is 0.267. The minimum absolute atomic E-state index is 0.0512. The zero-order valence-corrected chi connectivity index (χ0v) is 11.2. The van der Waals surface area contributed by atoms with Crippen molar-refractivity contribution in [2.45, 2.75) is 25.7 Å². The topological polar surface area (TPSA) is 103 Å². The third-order valence-electron chi connectivity index (χ3n) is 3.90. The molecule has 0 spiro atoms. The molecule has 0 bridgehead atoms. The van der Waals surface area contributed by atoms with Gasteiger partial charge in [-0.2, -0.15) is 0 Å². The number of fused-ring (bicyclic) bond motifs is 1. The maximum absolute atomic E-state index is 10.9. The molecule has 0 saturated carbocycles. The highest BCUT2D eigenvalue weighted by Crippen LogP contribution is 2.41. The SMILES string of the molecule is O=C(O)c1ccc(-n2c(O)c3c(c2O)CCCC3)cc1O. The fourth-order valence-electron chi connectivity index (χ4n) is 2.85. The lowest BCUT2D eigenvalue weighted by atomic mass is 9.95. The van der Waals surface area contributed by atoms with Crippen molar-refractivity contribution in [1.82, 2.24) is 4.57 Å². The lowest BCUT2D eigenvalue weighted by Gasteiger charge is -2.09. The second-order valence-electron chi connectivity index (χ2n) is 5.15. The van der Waals surface area contributed by atoms with Gasteiger partial charge in [0.15, 0.2) is 0 Å². The molecule has 21 heavy (non-hydrogen) atoms. The third-order valence-corrected chi connectivity index (χ3v) is 3.90. The van der Waals surface area contributed by atoms with E-state index in [4.69, 9.17) is 5.11 Å². The van der Waals surface area contributed by atoms with Gasteiger partial charge in [0.05, 0.1) is 5.69 Å². The van der Waals surface area contributed by atoms with Gasteiger partial charge in [0.2, 0.25) is 11.8 Å². The summed E-state index contributed by atoms with van der Waals surface area (Å²) in [4.78, 5) is 10.9. The Kier molecular flexibility index (Phi) is 3.01. The van der Waals surface area contributed by atoms with Crippen LogP contribution in [0.15, 0.2) is 18.2 Å². The Morgan fingerprint density at radius 1 is 1.00 bits per heavy atom. The molecule has 6 heteroatoms. The summed E-state index contributed by atoms with van der Waals surface area (Å²) in [6, 6.07) is 3.90. The van der Waals surface area contributed by atoms with Crippen LogP contribution in [0.25, 0.3) is 5.69 Å². The molecular weight excluding hydrogens is 274 g/mol. The Morgan fingerprint density at radius 2 is 1.57 bits per heavy atom. The summed E-state index contributed by atoms with van der Waals surface area (Å²) in [7, 11) is 0. The van der Waals surface area contributed by atoms with E-state index in [1.165, 1.54) is 22.8 Å². The summed E-state index contributed by atoms with van der Waals surface area (Å²) in [6.45, 7) is 0. The standard InChI is InChI=1S/C15H15NO5/c17-12-7-8(5-6-11(12)15(20)21)16-13(18)9-3-1-2-4-10(9)14(16)19/h5-7,17-19H,1-4H2,(H,20,21). The quantitative estimate of drug-likeness (QED) is 0.678. The second-order valence-corrected chi connectivity index (χ2v) is 5.15. The highest BCUT2D eigenvalue weighted by molar-refractivity contribution is 5.91. The van der Waals surface area contributed by atoms with E-state index in [2.05, 4.69) is 0 Å². The first kappa shape index (κ1) is 13.4. The second kappa shape index (κ2) is 4.73. The number of rotatable bonds is 2. The van der Waals surface area contributed by atoms with E-state index in [-0.39, 0.29) is 17.3 Å². The molecule has 0 atom stereocenters. The van der Waals surface area contributed by atoms with Crippen LogP contribution in [-0.2, 0) is 12.8 Å². The number of aromatic nitrogens is 1. The smallest absolute Gasteiger partial charge is 0.339 e. The van der Waals surface area contributed by atoms with Crippen molar-refractivity contribution in [2.24, 2.45) is 0 Å². The largest absolute Gasteiger partial charge is 0.507 e. The average molecular weight is 289 g/mol. The molecule has 1 aliphatic rings. The Balaban J connectivity index is 2.15. The van der Waals surface area contributed by atoms with Crippen molar-refractivity contribution in [3.8, 4) is 23.2 Å². The number of benzene rings is 1. The van der Waals surface area contributed by atoms with Crippen LogP contribution < -0.4 is 0 Å². The van der Waals surface area contributed by atoms with Crippen LogP contribution in [0.5, 0.6) is 17.5 Å². The maximum atomic E-state index is 10.9. The van der Waals surface area contributed by atoms with Crippen molar-refractivity contribution in [2.75, 3.05) is 0 Å². The zero-order chi connectivity index (χ0) is 15.1. The molecule has 6 nitrogen and oxygen atoms in total. The number of phenols is 1. The lowest BCUT2D eigenvalue weighted by Crippen LogP contribution is -1.99. The molecule has 4 N–H and O–H groups in total. The molecule has 0 fully saturated rings. The molecule has 2 aromatic rings. The predicted molar refractivity (Wildman–Crippen MR) is 74.4 cm³/mol. The Morgan fingerprint density at radius 3 is 2.05 bits per heavy atom. The van der Waals surface area contributed by atoms with Gasteiger partial charge < -0.3 is 20.4 Å². The zero-order valence-electron chi connectivity index (χ0n) is 11.2. The van der Waals surface area contributed by atoms with Crippen molar-refractivity contribution >= 4 is 5.97 Å². The van der Waals surface area contributed by atoms with Crippen molar-refractivity contribution < 1.29 is 25.2 Å². The highest BCUT2D eigenvalue weighted by atomic mass is 16.4. The molecule has 0 aliphatic heterocycles. The highest BCUT2D eigenvalue weighted by Gasteiger charge is 2.25. The first-order chi connectivity index (χ1) is 10.0. The van der Waals surface area contributed by atoms with E-state index < -0.39 is 11.7 Å². The van der Waals surface area contributed by atoms with Crippen LogP contribution in [0, 0.1) is 0 Å². The van der Waals surface area contributed by atoms with Crippen LogP contribution >= 0.6 is 0 Å². The van der Waals surface area contributed by atoms with Gasteiger partial charge in [0, 0.05) is 17.2 Å². The molecule has 3 rings (SSSR count). The molecule has 0 unspecified atom stereocenters. The Bertz CT molecular complexity index is 703. The van der Waals surface area contributed by atoms with Crippen LogP contribution in [0.2, 0.25) is 0 Å². The number of hydrogen-bond acceptors (Lipinski definition) is 4. The number of carboxylic acids is 1. The van der Waals surface area contributed by atoms with E-state index in [0.29, 0.717) is 18.5 Å². The summed E-state index contributed by atoms with van der Waals surface area (Å²) in [5.74, 6) is -1.75. The molecule has 1 aromatic carbocycles. The number of nitrogens with zero attached hydrogens (tertiary/aromatic N) is 1. The predicted octanol–water partition coefficient (Wildman–Crippen LogP) is 2.17. The normalized spacial score (nSPS) is 13.9. The number of aromatic hydroxyl groups is 3. The van der Waals surface area contributed by atoms with Gasteiger partial charge in [-0.05, 0) is 37.8 Å². The van der Waals surface area contributed by atoms with Crippen molar-refractivity contribution in [1.29, 1.82) is 0 Å². The summed E-state index contributed by atoms with van der Waals surface area (Å²) >= 11 is 0. The fourth-order valence-corrected chi connectivity index (χ4v) is 2.85. The minimum Gasteiger partial charge on any atom is -0.507 e. The number of hydrogen-bond donors (Lipinski definition) is 4. The van der Waals surface area contributed by atoms with E-state index in [0.717, 1.165) is 24.0 Å². The van der Waals surface area contributed by atoms with Gasteiger partial charge in [-0.25, -0.2) is 4.79 Å². The molecule has 1 heterocycles. The minimum atomic E-state index is -1.24.